The van der Waals surface area contributed by atoms with Crippen LogP contribution in [0, 0.1) is 5.92 Å². The van der Waals surface area contributed by atoms with Crippen LogP contribution < -0.4 is 15.0 Å². The van der Waals surface area contributed by atoms with Crippen LogP contribution in [-0.2, 0) is 9.84 Å². The molecule has 8 heteroatoms. The molecule has 1 aromatic carbocycles. The molecule has 2 aliphatic heterocycles. The van der Waals surface area contributed by atoms with Crippen molar-refractivity contribution in [1.29, 1.82) is 0 Å². The van der Waals surface area contributed by atoms with Gasteiger partial charge >= 0.3 is 0 Å². The SMILES string of the molecule is CN=C(NCC1CCN(c2ccccc2OC)C1)N1CCS(=O)(=O)C(C)(C)C1. The molecule has 156 valence electrons. The van der Waals surface area contributed by atoms with Gasteiger partial charge in [-0.05, 0) is 38.3 Å². The van der Waals surface area contributed by atoms with Crippen molar-refractivity contribution in [3.8, 4) is 5.75 Å². The van der Waals surface area contributed by atoms with E-state index >= 15 is 0 Å². The summed E-state index contributed by atoms with van der Waals surface area (Å²) < 4.78 is 29.2. The number of nitrogens with zero attached hydrogens (tertiary/aromatic N) is 3. The average Bonchev–Trinajstić information content (AvgIpc) is 3.14. The zero-order valence-electron chi connectivity index (χ0n) is 17.3. The third-order valence-electron chi connectivity index (χ3n) is 5.82. The number of guanidine groups is 1. The number of hydrogen-bond acceptors (Lipinski definition) is 5. The summed E-state index contributed by atoms with van der Waals surface area (Å²) in [6, 6.07) is 8.12. The van der Waals surface area contributed by atoms with Crippen molar-refractivity contribution in [1.82, 2.24) is 10.2 Å². The number of rotatable bonds is 4. The lowest BCUT2D eigenvalue weighted by Crippen LogP contribution is -2.57. The first-order chi connectivity index (χ1) is 13.3. The van der Waals surface area contributed by atoms with E-state index in [0.29, 0.717) is 19.0 Å². The third-order valence-corrected chi connectivity index (χ3v) is 8.35. The first-order valence-electron chi connectivity index (χ1n) is 9.83. The highest BCUT2D eigenvalue weighted by molar-refractivity contribution is 7.92. The average molecular weight is 409 g/mol. The van der Waals surface area contributed by atoms with Crippen molar-refractivity contribution in [3.63, 3.8) is 0 Å². The number of aliphatic imine (C=N–C) groups is 1. The molecular formula is C20H32N4O3S. The Balaban J connectivity index is 1.57. The Morgan fingerprint density at radius 3 is 2.75 bits per heavy atom. The smallest absolute Gasteiger partial charge is 0.193 e. The lowest BCUT2D eigenvalue weighted by atomic mass is 10.1. The van der Waals surface area contributed by atoms with Gasteiger partial charge in [-0.1, -0.05) is 12.1 Å². The summed E-state index contributed by atoms with van der Waals surface area (Å²) in [5, 5.41) is 3.47. The van der Waals surface area contributed by atoms with Gasteiger partial charge in [-0.3, -0.25) is 4.99 Å². The molecule has 2 saturated heterocycles. The molecule has 1 aromatic rings. The van der Waals surface area contributed by atoms with Crippen molar-refractivity contribution < 1.29 is 13.2 Å². The molecular weight excluding hydrogens is 376 g/mol. The van der Waals surface area contributed by atoms with Gasteiger partial charge < -0.3 is 19.9 Å². The van der Waals surface area contributed by atoms with Crippen LogP contribution in [0.2, 0.25) is 0 Å². The summed E-state index contributed by atoms with van der Waals surface area (Å²) in [7, 11) is 0.411. The van der Waals surface area contributed by atoms with Crippen LogP contribution >= 0.6 is 0 Å². The number of anilines is 1. The minimum Gasteiger partial charge on any atom is -0.495 e. The fourth-order valence-electron chi connectivity index (χ4n) is 4.00. The third kappa shape index (κ3) is 4.21. The Morgan fingerprint density at radius 1 is 1.32 bits per heavy atom. The maximum absolute atomic E-state index is 12.2. The molecule has 28 heavy (non-hydrogen) atoms. The van der Waals surface area contributed by atoms with Gasteiger partial charge in [0.15, 0.2) is 15.8 Å². The molecule has 2 aliphatic rings. The van der Waals surface area contributed by atoms with Crippen molar-refractivity contribution in [3.05, 3.63) is 24.3 Å². The van der Waals surface area contributed by atoms with Crippen LogP contribution in [0.4, 0.5) is 5.69 Å². The molecule has 1 atom stereocenters. The monoisotopic (exact) mass is 408 g/mol. The first kappa shape index (κ1) is 20.8. The van der Waals surface area contributed by atoms with E-state index in [4.69, 9.17) is 4.74 Å². The number of benzene rings is 1. The van der Waals surface area contributed by atoms with E-state index in [9.17, 15) is 8.42 Å². The largest absolute Gasteiger partial charge is 0.495 e. The summed E-state index contributed by atoms with van der Waals surface area (Å²) in [4.78, 5) is 8.82. The second-order valence-electron chi connectivity index (χ2n) is 8.20. The molecule has 2 fully saturated rings. The van der Waals surface area contributed by atoms with E-state index in [1.54, 1.807) is 28.0 Å². The molecule has 0 aliphatic carbocycles. The van der Waals surface area contributed by atoms with Gasteiger partial charge in [-0.15, -0.1) is 0 Å². The van der Waals surface area contributed by atoms with Crippen molar-refractivity contribution in [2.24, 2.45) is 10.9 Å². The maximum Gasteiger partial charge on any atom is 0.193 e. The zero-order valence-corrected chi connectivity index (χ0v) is 18.1. The van der Waals surface area contributed by atoms with Gasteiger partial charge in [0.05, 0.1) is 23.3 Å². The normalized spacial score (nSPS) is 24.3. The van der Waals surface area contributed by atoms with E-state index in [1.165, 1.54) is 0 Å². The lowest BCUT2D eigenvalue weighted by molar-refractivity contribution is 0.351. The molecule has 0 spiro atoms. The molecule has 0 saturated carbocycles. The highest BCUT2D eigenvalue weighted by Gasteiger charge is 2.41. The van der Waals surface area contributed by atoms with E-state index in [2.05, 4.69) is 26.2 Å². The van der Waals surface area contributed by atoms with E-state index in [-0.39, 0.29) is 5.75 Å². The predicted molar refractivity (Wildman–Crippen MR) is 114 cm³/mol. The highest BCUT2D eigenvalue weighted by Crippen LogP contribution is 2.31. The van der Waals surface area contributed by atoms with Gasteiger partial charge in [0.2, 0.25) is 0 Å². The Hall–Kier alpha value is -1.96. The Kier molecular flexibility index (Phi) is 6.07. The summed E-state index contributed by atoms with van der Waals surface area (Å²) in [6.07, 6.45) is 1.10. The number of hydrogen-bond donors (Lipinski definition) is 1. The molecule has 1 N–H and O–H groups in total. The molecule has 1 unspecified atom stereocenters. The van der Waals surface area contributed by atoms with Gasteiger partial charge in [0, 0.05) is 39.8 Å². The van der Waals surface area contributed by atoms with E-state index in [0.717, 1.165) is 43.5 Å². The van der Waals surface area contributed by atoms with E-state index in [1.807, 2.05) is 18.2 Å². The lowest BCUT2D eigenvalue weighted by Gasteiger charge is -2.39. The Bertz CT molecular complexity index is 822. The minimum absolute atomic E-state index is 0.172. The van der Waals surface area contributed by atoms with Gasteiger partial charge in [-0.2, -0.15) is 0 Å². The number of methoxy groups -OCH3 is 1. The first-order valence-corrected chi connectivity index (χ1v) is 11.5. The van der Waals surface area contributed by atoms with Crippen LogP contribution in [-0.4, -0.2) is 76.7 Å². The Morgan fingerprint density at radius 2 is 2.07 bits per heavy atom. The maximum atomic E-state index is 12.2. The highest BCUT2D eigenvalue weighted by atomic mass is 32.2. The van der Waals surface area contributed by atoms with Crippen LogP contribution in [0.5, 0.6) is 5.75 Å². The molecule has 0 radical (unpaired) electrons. The van der Waals surface area contributed by atoms with Crippen LogP contribution in [0.3, 0.4) is 0 Å². The minimum atomic E-state index is -3.05. The van der Waals surface area contributed by atoms with Crippen LogP contribution in [0.1, 0.15) is 20.3 Å². The quantitative estimate of drug-likeness (QED) is 0.603. The fraction of sp³-hybridized carbons (Fsp3) is 0.650. The molecule has 0 bridgehead atoms. The van der Waals surface area contributed by atoms with Crippen molar-refractivity contribution in [2.75, 3.05) is 57.5 Å². The molecule has 3 rings (SSSR count). The molecule has 2 heterocycles. The topological polar surface area (TPSA) is 74.2 Å². The fourth-order valence-corrected chi connectivity index (χ4v) is 5.37. The second kappa shape index (κ2) is 8.19. The van der Waals surface area contributed by atoms with Gasteiger partial charge in [0.25, 0.3) is 0 Å². The van der Waals surface area contributed by atoms with Crippen LogP contribution in [0.25, 0.3) is 0 Å². The second-order valence-corrected chi connectivity index (χ2v) is 10.9. The molecule has 0 aromatic heterocycles. The standard InChI is InChI=1S/C20H32N4O3S/c1-20(2)15-24(11-12-28(20,25)26)19(21-3)22-13-16-9-10-23(14-16)17-7-5-6-8-18(17)27-4/h5-8,16H,9-15H2,1-4H3,(H,21,22). The summed E-state index contributed by atoms with van der Waals surface area (Å²) in [5.74, 6) is 2.37. The molecule has 0 amide bonds. The number of sulfone groups is 1. The van der Waals surface area contributed by atoms with Crippen LogP contribution in [0.15, 0.2) is 29.3 Å². The number of nitrogens with one attached hydrogen (secondary N) is 1. The zero-order chi connectivity index (χ0) is 20.4. The van der Waals surface area contributed by atoms with Crippen molar-refractivity contribution >= 4 is 21.5 Å². The Labute approximate surface area is 168 Å². The predicted octanol–water partition coefficient (Wildman–Crippen LogP) is 1.61. The number of para-hydroxylation sites is 2. The number of ether oxygens (including phenoxy) is 1. The van der Waals surface area contributed by atoms with Crippen molar-refractivity contribution in [2.45, 2.75) is 25.0 Å². The summed E-state index contributed by atoms with van der Waals surface area (Å²) in [6.45, 7) is 7.33. The van der Waals surface area contributed by atoms with Gasteiger partial charge in [0.1, 0.15) is 5.75 Å². The van der Waals surface area contributed by atoms with Gasteiger partial charge in [-0.25, -0.2) is 8.42 Å². The summed E-state index contributed by atoms with van der Waals surface area (Å²) in [5.41, 5.74) is 1.14. The molecule has 7 nitrogen and oxygen atoms in total. The van der Waals surface area contributed by atoms with E-state index < -0.39 is 14.6 Å². The summed E-state index contributed by atoms with van der Waals surface area (Å²) >= 11 is 0.